The average molecular weight is 202 g/mol. The summed E-state index contributed by atoms with van der Waals surface area (Å²) in [5.41, 5.74) is 1.44. The summed E-state index contributed by atoms with van der Waals surface area (Å²) in [6, 6.07) is 0. The summed E-state index contributed by atoms with van der Waals surface area (Å²) in [4.78, 5) is 22.0. The number of rotatable bonds is 2. The summed E-state index contributed by atoms with van der Waals surface area (Å²) >= 11 is 0. The molecule has 0 saturated heterocycles. The van der Waals surface area contributed by atoms with E-state index < -0.39 is 0 Å². The first-order valence-electron chi connectivity index (χ1n) is 4.63. The molecule has 0 spiro atoms. The minimum absolute atomic E-state index is 0.352. The van der Waals surface area contributed by atoms with Crippen molar-refractivity contribution in [2.75, 3.05) is 0 Å². The van der Waals surface area contributed by atoms with Gasteiger partial charge in [0, 0.05) is 12.4 Å². The third-order valence-corrected chi connectivity index (χ3v) is 2.08. The van der Waals surface area contributed by atoms with Gasteiger partial charge in [0.05, 0.1) is 11.9 Å². The van der Waals surface area contributed by atoms with Crippen LogP contribution in [0.3, 0.4) is 0 Å². The summed E-state index contributed by atoms with van der Waals surface area (Å²) < 4.78 is 1.76. The monoisotopic (exact) mass is 202 g/mol. The quantitative estimate of drug-likeness (QED) is 0.551. The van der Waals surface area contributed by atoms with Gasteiger partial charge >= 0.3 is 0 Å². The first kappa shape index (κ1) is 9.55. The lowest BCUT2D eigenvalue weighted by atomic mass is 10.2. The van der Waals surface area contributed by atoms with E-state index >= 15 is 0 Å². The van der Waals surface area contributed by atoms with E-state index in [0.29, 0.717) is 17.4 Å². The lowest BCUT2D eigenvalue weighted by Crippen LogP contribution is -1.85. The summed E-state index contributed by atoms with van der Waals surface area (Å²) in [6.45, 7) is 4.12. The molecule has 0 aliphatic heterocycles. The number of aliphatic imine (C=N–C) groups is 1. The Bertz CT molecular complexity index is 537. The van der Waals surface area contributed by atoms with Gasteiger partial charge < -0.3 is 0 Å². The smallest absolute Gasteiger partial charge is 0.240 e. The zero-order chi connectivity index (χ0) is 10.8. The van der Waals surface area contributed by atoms with Gasteiger partial charge in [0.15, 0.2) is 0 Å². The Balaban J connectivity index is 2.56. The van der Waals surface area contributed by atoms with Crippen LogP contribution in [-0.4, -0.2) is 20.4 Å². The van der Waals surface area contributed by atoms with Crippen LogP contribution in [0.1, 0.15) is 25.5 Å². The molecule has 0 radical (unpaired) electrons. The Kier molecular flexibility index (Phi) is 2.31. The fourth-order valence-corrected chi connectivity index (χ4v) is 1.28. The molecular formula is C10H10N4O. The van der Waals surface area contributed by atoms with Crippen molar-refractivity contribution in [1.29, 1.82) is 0 Å². The maximum absolute atomic E-state index is 10.1. The second-order valence-electron chi connectivity index (χ2n) is 3.54. The maximum Gasteiger partial charge on any atom is 0.240 e. The van der Waals surface area contributed by atoms with Crippen molar-refractivity contribution in [2.24, 2.45) is 4.99 Å². The number of carbonyl (C=O) groups excluding carboxylic acids is 1. The minimum Gasteiger partial charge on any atom is -0.289 e. The molecule has 0 bridgehead atoms. The van der Waals surface area contributed by atoms with Crippen LogP contribution in [0.2, 0.25) is 0 Å². The molecule has 2 aromatic rings. The highest BCUT2D eigenvalue weighted by Crippen LogP contribution is 2.15. The highest BCUT2D eigenvalue weighted by molar-refractivity contribution is 5.48. The van der Waals surface area contributed by atoms with E-state index in [1.165, 1.54) is 12.3 Å². The molecule has 0 aliphatic carbocycles. The zero-order valence-corrected chi connectivity index (χ0v) is 8.51. The number of hydrogen-bond donors (Lipinski definition) is 0. The van der Waals surface area contributed by atoms with Crippen LogP contribution in [0.15, 0.2) is 23.6 Å². The van der Waals surface area contributed by atoms with Gasteiger partial charge in [0.25, 0.3) is 0 Å². The largest absolute Gasteiger partial charge is 0.289 e. The van der Waals surface area contributed by atoms with Crippen LogP contribution >= 0.6 is 0 Å². The standard InChI is InChI=1S/C10H10N4O/c1-7(2)9-5-14-4-8(12-6-15)3-11-10(14)13-9/h3-5,7H,1-2H3. The van der Waals surface area contributed by atoms with Crippen molar-refractivity contribution in [1.82, 2.24) is 14.4 Å². The third-order valence-electron chi connectivity index (χ3n) is 2.08. The molecule has 5 nitrogen and oxygen atoms in total. The number of nitrogens with zero attached hydrogens (tertiary/aromatic N) is 4. The van der Waals surface area contributed by atoms with Crippen LogP contribution in [0.25, 0.3) is 5.78 Å². The topological polar surface area (TPSA) is 59.6 Å². The van der Waals surface area contributed by atoms with E-state index in [4.69, 9.17) is 0 Å². The number of fused-ring (bicyclic) bond motifs is 1. The Morgan fingerprint density at radius 2 is 2.27 bits per heavy atom. The molecule has 2 rings (SSSR count). The van der Waals surface area contributed by atoms with Crippen molar-refractivity contribution in [3.8, 4) is 0 Å². The van der Waals surface area contributed by atoms with Gasteiger partial charge in [0.2, 0.25) is 11.9 Å². The van der Waals surface area contributed by atoms with Crippen LogP contribution in [0, 0.1) is 0 Å². The van der Waals surface area contributed by atoms with Crippen molar-refractivity contribution >= 4 is 17.5 Å². The lowest BCUT2D eigenvalue weighted by Gasteiger charge is -1.94. The third kappa shape index (κ3) is 1.78. The summed E-state index contributed by atoms with van der Waals surface area (Å²) in [5.74, 6) is 0.966. The van der Waals surface area contributed by atoms with E-state index in [2.05, 4.69) is 28.8 Å². The molecule has 5 heteroatoms. The molecule has 0 aliphatic rings. The van der Waals surface area contributed by atoms with Gasteiger partial charge in [-0.25, -0.2) is 14.8 Å². The summed E-state index contributed by atoms with van der Waals surface area (Å²) in [5, 5.41) is 0. The Labute approximate surface area is 86.5 Å². The van der Waals surface area contributed by atoms with Crippen LogP contribution in [-0.2, 0) is 4.79 Å². The number of aromatic nitrogens is 3. The molecule has 0 aromatic carbocycles. The average Bonchev–Trinajstić information content (AvgIpc) is 2.61. The van der Waals surface area contributed by atoms with Gasteiger partial charge in [-0.1, -0.05) is 13.8 Å². The number of imidazole rings is 1. The molecule has 15 heavy (non-hydrogen) atoms. The Morgan fingerprint density at radius 1 is 1.47 bits per heavy atom. The molecule has 0 saturated carbocycles. The molecule has 76 valence electrons. The van der Waals surface area contributed by atoms with Gasteiger partial charge in [-0.3, -0.25) is 4.40 Å². The maximum atomic E-state index is 10.1. The summed E-state index contributed by atoms with van der Waals surface area (Å²) in [6.07, 6.45) is 6.56. The predicted octanol–water partition coefficient (Wildman–Crippen LogP) is 1.82. The van der Waals surface area contributed by atoms with Gasteiger partial charge in [-0.15, -0.1) is 0 Å². The van der Waals surface area contributed by atoms with E-state index in [0.717, 1.165) is 5.69 Å². The van der Waals surface area contributed by atoms with Crippen LogP contribution in [0.5, 0.6) is 0 Å². The van der Waals surface area contributed by atoms with Gasteiger partial charge in [-0.2, -0.15) is 4.99 Å². The fraction of sp³-hybridized carbons (Fsp3) is 0.300. The van der Waals surface area contributed by atoms with Crippen molar-refractivity contribution in [3.63, 3.8) is 0 Å². The SMILES string of the molecule is CC(C)c1cn2cc(N=C=O)cnc2n1. The van der Waals surface area contributed by atoms with E-state index in [-0.39, 0.29) is 0 Å². The zero-order valence-electron chi connectivity index (χ0n) is 8.51. The summed E-state index contributed by atoms with van der Waals surface area (Å²) in [7, 11) is 0. The molecule has 0 N–H and O–H groups in total. The molecular weight excluding hydrogens is 192 g/mol. The minimum atomic E-state index is 0.352. The highest BCUT2D eigenvalue weighted by Gasteiger charge is 2.06. The van der Waals surface area contributed by atoms with Crippen LogP contribution in [0.4, 0.5) is 5.69 Å². The molecule has 2 aromatic heterocycles. The highest BCUT2D eigenvalue weighted by atomic mass is 16.1. The van der Waals surface area contributed by atoms with Crippen molar-refractivity contribution < 1.29 is 4.79 Å². The molecule has 0 unspecified atom stereocenters. The first-order valence-corrected chi connectivity index (χ1v) is 4.63. The van der Waals surface area contributed by atoms with Crippen molar-refractivity contribution in [2.45, 2.75) is 19.8 Å². The molecule has 0 fully saturated rings. The van der Waals surface area contributed by atoms with Gasteiger partial charge in [0.1, 0.15) is 5.69 Å². The van der Waals surface area contributed by atoms with E-state index in [1.807, 2.05) is 6.20 Å². The Morgan fingerprint density at radius 3 is 2.93 bits per heavy atom. The normalized spacial score (nSPS) is 10.6. The number of isocyanates is 1. The van der Waals surface area contributed by atoms with E-state index in [1.54, 1.807) is 10.6 Å². The molecule has 0 atom stereocenters. The van der Waals surface area contributed by atoms with Crippen LogP contribution < -0.4 is 0 Å². The predicted molar refractivity (Wildman–Crippen MR) is 54.9 cm³/mol. The van der Waals surface area contributed by atoms with E-state index in [9.17, 15) is 4.79 Å². The van der Waals surface area contributed by atoms with Gasteiger partial charge in [-0.05, 0) is 5.92 Å². The fourth-order valence-electron chi connectivity index (χ4n) is 1.28. The molecule has 2 heterocycles. The first-order chi connectivity index (χ1) is 7.20. The number of hydrogen-bond acceptors (Lipinski definition) is 4. The lowest BCUT2D eigenvalue weighted by molar-refractivity contribution is 0.565. The second-order valence-corrected chi connectivity index (χ2v) is 3.54. The van der Waals surface area contributed by atoms with Crippen molar-refractivity contribution in [3.05, 3.63) is 24.3 Å². The second kappa shape index (κ2) is 3.63. The molecule has 0 amide bonds. The Hall–Kier alpha value is -2.00.